The SMILES string of the molecule is CC(=O)[C@H]1[C@@H](C)[C@@H](C)C=C[C@H]1C. The van der Waals surface area contributed by atoms with Gasteiger partial charge in [-0.05, 0) is 24.7 Å². The molecule has 1 heteroatoms. The lowest BCUT2D eigenvalue weighted by atomic mass is 9.71. The van der Waals surface area contributed by atoms with Gasteiger partial charge in [0.1, 0.15) is 5.78 Å². The Hall–Kier alpha value is -0.590. The number of hydrogen-bond acceptors (Lipinski definition) is 1. The van der Waals surface area contributed by atoms with E-state index in [1.807, 2.05) is 0 Å². The maximum Gasteiger partial charge on any atom is 0.133 e. The van der Waals surface area contributed by atoms with Crippen LogP contribution in [-0.2, 0) is 4.79 Å². The lowest BCUT2D eigenvalue weighted by Crippen LogP contribution is -2.31. The van der Waals surface area contributed by atoms with E-state index in [1.54, 1.807) is 6.92 Å². The highest BCUT2D eigenvalue weighted by Gasteiger charge is 2.31. The predicted molar refractivity (Wildman–Crippen MR) is 50.8 cm³/mol. The van der Waals surface area contributed by atoms with E-state index in [9.17, 15) is 4.79 Å². The van der Waals surface area contributed by atoms with Crippen LogP contribution in [-0.4, -0.2) is 5.78 Å². The molecule has 68 valence electrons. The first-order valence-electron chi connectivity index (χ1n) is 4.72. The molecule has 0 N–H and O–H groups in total. The molecule has 0 aromatic rings. The van der Waals surface area contributed by atoms with Crippen LogP contribution in [0.5, 0.6) is 0 Å². The summed E-state index contributed by atoms with van der Waals surface area (Å²) in [6.45, 7) is 8.20. The van der Waals surface area contributed by atoms with Crippen molar-refractivity contribution in [2.45, 2.75) is 27.7 Å². The van der Waals surface area contributed by atoms with Crippen molar-refractivity contribution in [3.8, 4) is 0 Å². The Labute approximate surface area is 74.9 Å². The molecule has 0 unspecified atom stereocenters. The largest absolute Gasteiger partial charge is 0.300 e. The van der Waals surface area contributed by atoms with E-state index in [-0.39, 0.29) is 5.92 Å². The average Bonchev–Trinajstić information content (AvgIpc) is 1.97. The second kappa shape index (κ2) is 3.42. The van der Waals surface area contributed by atoms with Crippen molar-refractivity contribution in [2.24, 2.45) is 23.7 Å². The molecule has 4 atom stereocenters. The van der Waals surface area contributed by atoms with E-state index in [0.717, 1.165) is 0 Å². The molecule has 0 aromatic heterocycles. The van der Waals surface area contributed by atoms with Crippen LogP contribution < -0.4 is 0 Å². The minimum atomic E-state index is 0.241. The van der Waals surface area contributed by atoms with Crippen molar-refractivity contribution in [3.05, 3.63) is 12.2 Å². The molecule has 12 heavy (non-hydrogen) atoms. The maximum absolute atomic E-state index is 11.3. The fourth-order valence-corrected chi connectivity index (χ4v) is 2.19. The maximum atomic E-state index is 11.3. The van der Waals surface area contributed by atoms with Gasteiger partial charge in [0.05, 0.1) is 0 Å². The lowest BCUT2D eigenvalue weighted by molar-refractivity contribution is -0.124. The minimum absolute atomic E-state index is 0.241. The molecule has 0 spiro atoms. The van der Waals surface area contributed by atoms with Gasteiger partial charge < -0.3 is 0 Å². The van der Waals surface area contributed by atoms with Gasteiger partial charge in [0, 0.05) is 5.92 Å². The van der Waals surface area contributed by atoms with Gasteiger partial charge in [-0.25, -0.2) is 0 Å². The summed E-state index contributed by atoms with van der Waals surface area (Å²) in [4.78, 5) is 11.3. The van der Waals surface area contributed by atoms with Crippen LogP contribution in [0.1, 0.15) is 27.7 Å². The van der Waals surface area contributed by atoms with Crippen LogP contribution >= 0.6 is 0 Å². The van der Waals surface area contributed by atoms with E-state index in [2.05, 4.69) is 32.9 Å². The molecule has 0 aliphatic heterocycles. The fourth-order valence-electron chi connectivity index (χ4n) is 2.19. The number of ketones is 1. The standard InChI is InChI=1S/C11H18O/c1-7-5-6-8(2)11(9(7)3)10(4)12/h5-9,11H,1-4H3/t7-,8+,9-,11+/m0/s1. The summed E-state index contributed by atoms with van der Waals surface area (Å²) in [5, 5.41) is 0. The number of Topliss-reactive ketones (excluding diaryl/α,β-unsaturated/α-hetero) is 1. The molecule has 0 saturated heterocycles. The van der Waals surface area contributed by atoms with Crippen molar-refractivity contribution in [1.29, 1.82) is 0 Å². The monoisotopic (exact) mass is 166 g/mol. The smallest absolute Gasteiger partial charge is 0.133 e. The fraction of sp³-hybridized carbons (Fsp3) is 0.727. The third-order valence-electron chi connectivity index (χ3n) is 3.15. The Bertz CT molecular complexity index is 205. The highest BCUT2D eigenvalue weighted by atomic mass is 16.1. The summed E-state index contributed by atoms with van der Waals surface area (Å²) in [6.07, 6.45) is 4.41. The van der Waals surface area contributed by atoms with Crippen molar-refractivity contribution in [1.82, 2.24) is 0 Å². The molecule has 1 nitrogen and oxygen atoms in total. The number of hydrogen-bond donors (Lipinski definition) is 0. The van der Waals surface area contributed by atoms with Crippen molar-refractivity contribution >= 4 is 5.78 Å². The van der Waals surface area contributed by atoms with Crippen molar-refractivity contribution < 1.29 is 4.79 Å². The van der Waals surface area contributed by atoms with Crippen LogP contribution in [0.25, 0.3) is 0 Å². The van der Waals surface area contributed by atoms with Crippen LogP contribution in [0.2, 0.25) is 0 Å². The highest BCUT2D eigenvalue weighted by Crippen LogP contribution is 2.33. The average molecular weight is 166 g/mol. The summed E-state index contributed by atoms with van der Waals surface area (Å²) in [5.41, 5.74) is 0. The van der Waals surface area contributed by atoms with E-state index in [1.165, 1.54) is 0 Å². The van der Waals surface area contributed by atoms with E-state index < -0.39 is 0 Å². The molecule has 0 radical (unpaired) electrons. The van der Waals surface area contributed by atoms with E-state index in [4.69, 9.17) is 0 Å². The molecule has 0 bridgehead atoms. The Balaban J connectivity index is 2.84. The molecule has 1 aliphatic rings. The quantitative estimate of drug-likeness (QED) is 0.547. The molecule has 0 saturated carbocycles. The molecular formula is C11H18O. The normalized spacial score (nSPS) is 41.3. The van der Waals surface area contributed by atoms with Gasteiger partial charge in [-0.1, -0.05) is 32.9 Å². The second-order valence-electron chi connectivity index (χ2n) is 4.10. The summed E-state index contributed by atoms with van der Waals surface area (Å²) in [6, 6.07) is 0. The lowest BCUT2D eigenvalue weighted by Gasteiger charge is -2.32. The molecular weight excluding hydrogens is 148 g/mol. The van der Waals surface area contributed by atoms with Gasteiger partial charge in [-0.15, -0.1) is 0 Å². The second-order valence-corrected chi connectivity index (χ2v) is 4.10. The van der Waals surface area contributed by atoms with Crippen molar-refractivity contribution in [2.75, 3.05) is 0 Å². The molecule has 1 aliphatic carbocycles. The van der Waals surface area contributed by atoms with Crippen molar-refractivity contribution in [3.63, 3.8) is 0 Å². The van der Waals surface area contributed by atoms with Crippen LogP contribution in [0.3, 0.4) is 0 Å². The van der Waals surface area contributed by atoms with Crippen LogP contribution in [0.4, 0.5) is 0 Å². The minimum Gasteiger partial charge on any atom is -0.300 e. The Morgan fingerprint density at radius 3 is 2.00 bits per heavy atom. The zero-order valence-electron chi connectivity index (χ0n) is 8.37. The third kappa shape index (κ3) is 1.60. The van der Waals surface area contributed by atoms with Gasteiger partial charge in [-0.2, -0.15) is 0 Å². The van der Waals surface area contributed by atoms with Gasteiger partial charge in [-0.3, -0.25) is 4.79 Å². The van der Waals surface area contributed by atoms with Crippen LogP contribution in [0.15, 0.2) is 12.2 Å². The van der Waals surface area contributed by atoms with Crippen LogP contribution in [0, 0.1) is 23.7 Å². The first kappa shape index (κ1) is 9.50. The summed E-state index contributed by atoms with van der Waals surface area (Å²) in [7, 11) is 0. The Kier molecular flexibility index (Phi) is 2.71. The number of carbonyl (C=O) groups excluding carboxylic acids is 1. The van der Waals surface area contributed by atoms with Gasteiger partial charge >= 0.3 is 0 Å². The molecule has 0 amide bonds. The molecule has 1 rings (SSSR count). The zero-order chi connectivity index (χ0) is 9.30. The topological polar surface area (TPSA) is 17.1 Å². The van der Waals surface area contributed by atoms with E-state index >= 15 is 0 Å². The number of allylic oxidation sites excluding steroid dienone is 2. The molecule has 0 heterocycles. The molecule has 0 aromatic carbocycles. The van der Waals surface area contributed by atoms with Gasteiger partial charge in [0.15, 0.2) is 0 Å². The molecule has 0 fully saturated rings. The number of carbonyl (C=O) groups is 1. The number of rotatable bonds is 1. The summed E-state index contributed by atoms with van der Waals surface area (Å²) < 4.78 is 0. The van der Waals surface area contributed by atoms with Gasteiger partial charge in [0.25, 0.3) is 0 Å². The summed E-state index contributed by atoms with van der Waals surface area (Å²) in [5.74, 6) is 2.06. The first-order chi connectivity index (χ1) is 5.54. The highest BCUT2D eigenvalue weighted by molar-refractivity contribution is 5.79. The summed E-state index contributed by atoms with van der Waals surface area (Å²) >= 11 is 0. The zero-order valence-corrected chi connectivity index (χ0v) is 8.37. The Morgan fingerprint density at radius 1 is 1.08 bits per heavy atom. The first-order valence-corrected chi connectivity index (χ1v) is 4.72. The van der Waals surface area contributed by atoms with Gasteiger partial charge in [0.2, 0.25) is 0 Å². The predicted octanol–water partition coefficient (Wildman–Crippen LogP) is 2.67. The van der Waals surface area contributed by atoms with E-state index in [0.29, 0.717) is 23.5 Å². The third-order valence-corrected chi connectivity index (χ3v) is 3.15. The Morgan fingerprint density at radius 2 is 1.58 bits per heavy atom.